The number of benzene rings is 1. The largest absolute Gasteiger partial charge is 0.417 e. The van der Waals surface area contributed by atoms with Gasteiger partial charge in [0.15, 0.2) is 5.58 Å². The van der Waals surface area contributed by atoms with Gasteiger partial charge in [0.05, 0.1) is 17.0 Å². The normalized spacial score (nSPS) is 16.6. The number of H-pyrrole nitrogens is 1. The Morgan fingerprint density at radius 1 is 1.07 bits per heavy atom. The van der Waals surface area contributed by atoms with E-state index in [0.29, 0.717) is 50.4 Å². The van der Waals surface area contributed by atoms with E-state index in [1.54, 1.807) is 12.3 Å². The highest BCUT2D eigenvalue weighted by Gasteiger charge is 2.28. The first-order valence-electron chi connectivity index (χ1n) is 8.81. The monoisotopic (exact) mass is 405 g/mol. The fourth-order valence-electron chi connectivity index (χ4n) is 3.23. The van der Waals surface area contributed by atoms with Crippen LogP contribution in [0.25, 0.3) is 11.1 Å². The minimum atomic E-state index is -3.67. The third-order valence-corrected chi connectivity index (χ3v) is 6.67. The lowest BCUT2D eigenvalue weighted by Gasteiger charge is -2.33. The van der Waals surface area contributed by atoms with Gasteiger partial charge in [0.1, 0.15) is 0 Å². The van der Waals surface area contributed by atoms with E-state index < -0.39 is 15.8 Å². The van der Waals surface area contributed by atoms with Crippen molar-refractivity contribution in [3.8, 4) is 0 Å². The van der Waals surface area contributed by atoms with Crippen LogP contribution in [0, 0.1) is 0 Å². The Labute approximate surface area is 160 Å². The van der Waals surface area contributed by atoms with Crippen LogP contribution in [-0.4, -0.2) is 65.1 Å². The van der Waals surface area contributed by atoms with Gasteiger partial charge in [-0.1, -0.05) is 0 Å². The second-order valence-corrected chi connectivity index (χ2v) is 8.44. The van der Waals surface area contributed by atoms with Crippen molar-refractivity contribution < 1.29 is 12.8 Å². The van der Waals surface area contributed by atoms with Gasteiger partial charge in [-0.25, -0.2) is 17.9 Å². The Balaban J connectivity index is 1.41. The lowest BCUT2D eigenvalue weighted by molar-refractivity contribution is 0.180. The van der Waals surface area contributed by atoms with Crippen LogP contribution in [0.5, 0.6) is 0 Å². The van der Waals surface area contributed by atoms with Crippen molar-refractivity contribution in [3.05, 3.63) is 57.4 Å². The molecule has 2 aromatic heterocycles. The summed E-state index contributed by atoms with van der Waals surface area (Å²) in [7, 11) is -3.67. The molecule has 11 heteroatoms. The lowest BCUT2D eigenvalue weighted by Crippen LogP contribution is -2.49. The number of sulfonamides is 1. The maximum absolute atomic E-state index is 12.9. The molecule has 1 aliphatic heterocycles. The van der Waals surface area contributed by atoms with Gasteiger partial charge in [0.25, 0.3) is 5.56 Å². The summed E-state index contributed by atoms with van der Waals surface area (Å²) in [4.78, 5) is 27.6. The molecule has 4 rings (SSSR count). The van der Waals surface area contributed by atoms with E-state index in [2.05, 4.69) is 15.0 Å². The third-order valence-electron chi connectivity index (χ3n) is 4.77. The van der Waals surface area contributed by atoms with Gasteiger partial charge >= 0.3 is 5.76 Å². The van der Waals surface area contributed by atoms with Crippen LogP contribution < -0.4 is 11.3 Å². The second-order valence-electron chi connectivity index (χ2n) is 6.50. The maximum Gasteiger partial charge on any atom is 0.417 e. The van der Waals surface area contributed by atoms with Gasteiger partial charge in [-0.3, -0.25) is 14.7 Å². The first-order chi connectivity index (χ1) is 13.4. The van der Waals surface area contributed by atoms with Gasteiger partial charge in [0, 0.05) is 45.0 Å². The van der Waals surface area contributed by atoms with Gasteiger partial charge in [-0.2, -0.15) is 9.40 Å². The highest BCUT2D eigenvalue weighted by Crippen LogP contribution is 2.21. The van der Waals surface area contributed by atoms with E-state index >= 15 is 0 Å². The molecule has 0 unspecified atom stereocenters. The predicted octanol–water partition coefficient (Wildman–Crippen LogP) is -0.316. The second kappa shape index (κ2) is 7.34. The number of nitrogens with zero attached hydrogens (tertiary/aromatic N) is 4. The first kappa shape index (κ1) is 18.6. The van der Waals surface area contributed by atoms with Crippen LogP contribution in [0.2, 0.25) is 0 Å². The molecule has 10 nitrogen and oxygen atoms in total. The standard InChI is InChI=1S/C17H19N5O5S/c23-16-2-1-5-18-22(16)11-8-20-6-9-21(10-7-20)28(25,26)13-3-4-15-14(12-13)19-17(24)27-15/h1-5,12H,6-11H2,(H,19,24). The van der Waals surface area contributed by atoms with Crippen molar-refractivity contribution >= 4 is 21.1 Å². The highest BCUT2D eigenvalue weighted by molar-refractivity contribution is 7.89. The Bertz CT molecular complexity index is 1200. The van der Waals surface area contributed by atoms with E-state index in [0.717, 1.165) is 0 Å². The Hall–Kier alpha value is -2.76. The van der Waals surface area contributed by atoms with Gasteiger partial charge < -0.3 is 4.42 Å². The van der Waals surface area contributed by atoms with Crippen LogP contribution in [0.3, 0.4) is 0 Å². The van der Waals surface area contributed by atoms with E-state index in [-0.39, 0.29) is 10.5 Å². The minimum absolute atomic E-state index is 0.116. The molecule has 0 radical (unpaired) electrons. The molecule has 0 amide bonds. The molecule has 148 valence electrons. The summed E-state index contributed by atoms with van der Waals surface area (Å²) in [6, 6.07) is 7.38. The molecule has 0 aliphatic carbocycles. The minimum Gasteiger partial charge on any atom is -0.408 e. The summed E-state index contributed by atoms with van der Waals surface area (Å²) in [5, 5.41) is 4.02. The molecular formula is C17H19N5O5S. The number of rotatable bonds is 5. The number of aromatic nitrogens is 3. The smallest absolute Gasteiger partial charge is 0.408 e. The predicted molar refractivity (Wildman–Crippen MR) is 101 cm³/mol. The number of oxazole rings is 1. The van der Waals surface area contributed by atoms with Crippen molar-refractivity contribution in [1.82, 2.24) is 24.0 Å². The van der Waals surface area contributed by atoms with Crippen LogP contribution in [0.1, 0.15) is 0 Å². The van der Waals surface area contributed by atoms with Gasteiger partial charge in [-0.15, -0.1) is 0 Å². The number of fused-ring (bicyclic) bond motifs is 1. The summed E-state index contributed by atoms with van der Waals surface area (Å²) in [5.41, 5.74) is 0.514. The summed E-state index contributed by atoms with van der Waals surface area (Å²) in [6.45, 7) is 2.89. The van der Waals surface area contributed by atoms with Crippen LogP contribution in [0.15, 0.2) is 55.4 Å². The molecule has 0 bridgehead atoms. The molecule has 0 spiro atoms. The summed E-state index contributed by atoms with van der Waals surface area (Å²) < 4.78 is 33.5. The average molecular weight is 405 g/mol. The van der Waals surface area contributed by atoms with Crippen molar-refractivity contribution in [2.75, 3.05) is 32.7 Å². The summed E-state index contributed by atoms with van der Waals surface area (Å²) in [6.07, 6.45) is 1.57. The Kier molecular flexibility index (Phi) is 4.87. The first-order valence-corrected chi connectivity index (χ1v) is 10.2. The summed E-state index contributed by atoms with van der Waals surface area (Å²) in [5.74, 6) is -0.620. The maximum atomic E-state index is 12.9. The molecule has 0 atom stereocenters. The molecule has 28 heavy (non-hydrogen) atoms. The van der Waals surface area contributed by atoms with E-state index in [1.165, 1.54) is 33.3 Å². The molecule has 3 heterocycles. The zero-order valence-electron chi connectivity index (χ0n) is 14.9. The van der Waals surface area contributed by atoms with Gasteiger partial charge in [0.2, 0.25) is 10.0 Å². The van der Waals surface area contributed by atoms with Crippen LogP contribution in [-0.2, 0) is 16.6 Å². The molecule has 0 saturated carbocycles. The number of nitrogens with one attached hydrogen (secondary N) is 1. The quantitative estimate of drug-likeness (QED) is 0.618. The topological polar surface area (TPSA) is 122 Å². The van der Waals surface area contributed by atoms with Gasteiger partial charge in [-0.05, 0) is 24.3 Å². The van der Waals surface area contributed by atoms with E-state index in [1.807, 2.05) is 0 Å². The molecule has 1 aliphatic rings. The Morgan fingerprint density at radius 3 is 2.61 bits per heavy atom. The van der Waals surface area contributed by atoms with Crippen molar-refractivity contribution in [2.45, 2.75) is 11.4 Å². The van der Waals surface area contributed by atoms with Crippen LogP contribution in [0.4, 0.5) is 0 Å². The molecule has 1 saturated heterocycles. The van der Waals surface area contributed by atoms with Crippen molar-refractivity contribution in [3.63, 3.8) is 0 Å². The molecule has 1 N–H and O–H groups in total. The van der Waals surface area contributed by atoms with Crippen molar-refractivity contribution in [2.24, 2.45) is 0 Å². The molecule has 3 aromatic rings. The molecular weight excluding hydrogens is 386 g/mol. The molecule has 1 fully saturated rings. The zero-order chi connectivity index (χ0) is 19.7. The number of aromatic amines is 1. The fraction of sp³-hybridized carbons (Fsp3) is 0.353. The SMILES string of the molecule is O=c1[nH]c2cc(S(=O)(=O)N3CCN(CCn4ncccc4=O)CC3)ccc2o1. The lowest BCUT2D eigenvalue weighted by atomic mass is 10.3. The molecule has 1 aromatic carbocycles. The Morgan fingerprint density at radius 2 is 1.86 bits per heavy atom. The van der Waals surface area contributed by atoms with E-state index in [9.17, 15) is 18.0 Å². The highest BCUT2D eigenvalue weighted by atomic mass is 32.2. The third kappa shape index (κ3) is 3.63. The van der Waals surface area contributed by atoms with Crippen LogP contribution >= 0.6 is 0 Å². The number of piperazine rings is 1. The summed E-state index contributed by atoms with van der Waals surface area (Å²) >= 11 is 0. The fourth-order valence-corrected chi connectivity index (χ4v) is 4.67. The number of hydrogen-bond acceptors (Lipinski definition) is 7. The van der Waals surface area contributed by atoms with Crippen molar-refractivity contribution in [1.29, 1.82) is 0 Å². The van der Waals surface area contributed by atoms with E-state index in [4.69, 9.17) is 4.42 Å². The zero-order valence-corrected chi connectivity index (χ0v) is 15.8. The number of hydrogen-bond donors (Lipinski definition) is 1. The average Bonchev–Trinajstić information content (AvgIpc) is 3.07.